The molecular formula is C34H21Br. The van der Waals surface area contributed by atoms with Crippen LogP contribution in [0.4, 0.5) is 0 Å². The Balaban J connectivity index is 1.71. The largest absolute Gasteiger partial charge is 0.0622 e. The predicted octanol–water partition coefficient (Wildman–Crippen LogP) is 10.3. The number of hydrogen-bond acceptors (Lipinski definition) is 0. The summed E-state index contributed by atoms with van der Waals surface area (Å²) in [6.07, 6.45) is 0. The maximum Gasteiger partial charge on any atom is 0.0181 e. The first-order chi connectivity index (χ1) is 17.3. The zero-order valence-corrected chi connectivity index (χ0v) is 20.6. The highest BCUT2D eigenvalue weighted by Crippen LogP contribution is 2.57. The van der Waals surface area contributed by atoms with Crippen molar-refractivity contribution < 1.29 is 0 Å². The molecule has 0 aromatic heterocycles. The Hall–Kier alpha value is -3.94. The van der Waals surface area contributed by atoms with Crippen molar-refractivity contribution in [2.75, 3.05) is 0 Å². The topological polar surface area (TPSA) is 0 Å². The molecular weight excluding hydrogens is 488 g/mol. The minimum atomic E-state index is 1.08. The fourth-order valence-corrected chi connectivity index (χ4v) is 6.02. The van der Waals surface area contributed by atoms with Crippen LogP contribution in [0, 0.1) is 0 Å². The molecule has 164 valence electrons. The van der Waals surface area contributed by atoms with Gasteiger partial charge in [0.1, 0.15) is 0 Å². The number of fused-ring (bicyclic) bond motifs is 3. The van der Waals surface area contributed by atoms with E-state index < -0.39 is 0 Å². The molecule has 0 radical (unpaired) electrons. The molecule has 0 aliphatic heterocycles. The van der Waals surface area contributed by atoms with Crippen molar-refractivity contribution in [3.8, 4) is 55.6 Å². The van der Waals surface area contributed by atoms with E-state index in [0.717, 1.165) is 4.47 Å². The Bertz CT molecular complexity index is 1730. The quantitative estimate of drug-likeness (QED) is 0.222. The maximum absolute atomic E-state index is 3.71. The average molecular weight is 509 g/mol. The third kappa shape index (κ3) is 3.20. The van der Waals surface area contributed by atoms with E-state index in [9.17, 15) is 0 Å². The van der Waals surface area contributed by atoms with Crippen LogP contribution in [0.1, 0.15) is 0 Å². The molecule has 0 nitrogen and oxygen atoms in total. The zero-order chi connectivity index (χ0) is 23.4. The molecule has 0 bridgehead atoms. The van der Waals surface area contributed by atoms with Crippen LogP contribution in [-0.4, -0.2) is 0 Å². The lowest BCUT2D eigenvalue weighted by Gasteiger charge is -2.21. The van der Waals surface area contributed by atoms with Crippen molar-refractivity contribution in [2.45, 2.75) is 0 Å². The highest BCUT2D eigenvalue weighted by Gasteiger charge is 2.29. The third-order valence-electron chi connectivity index (χ3n) is 7.05. The number of hydrogen-bond donors (Lipinski definition) is 0. The van der Waals surface area contributed by atoms with E-state index in [1.54, 1.807) is 0 Å². The van der Waals surface area contributed by atoms with Gasteiger partial charge in [-0.3, -0.25) is 0 Å². The van der Waals surface area contributed by atoms with Crippen LogP contribution < -0.4 is 0 Å². The van der Waals surface area contributed by atoms with Gasteiger partial charge in [-0.25, -0.2) is 0 Å². The van der Waals surface area contributed by atoms with Gasteiger partial charge in [-0.2, -0.15) is 0 Å². The van der Waals surface area contributed by atoms with Crippen molar-refractivity contribution >= 4 is 26.7 Å². The fourth-order valence-electron chi connectivity index (χ4n) is 5.62. The first kappa shape index (κ1) is 20.4. The summed E-state index contributed by atoms with van der Waals surface area (Å²) in [5.41, 5.74) is 12.8. The zero-order valence-electron chi connectivity index (χ0n) is 19.0. The fraction of sp³-hybridized carbons (Fsp3) is 0. The molecule has 6 aromatic rings. The Morgan fingerprint density at radius 3 is 1.63 bits per heavy atom. The molecule has 1 heteroatoms. The highest BCUT2D eigenvalue weighted by atomic mass is 79.9. The predicted molar refractivity (Wildman–Crippen MR) is 152 cm³/mol. The summed E-state index contributed by atoms with van der Waals surface area (Å²) in [5.74, 6) is 0. The van der Waals surface area contributed by atoms with Gasteiger partial charge in [-0.1, -0.05) is 125 Å². The minimum Gasteiger partial charge on any atom is -0.0622 e. The summed E-state index contributed by atoms with van der Waals surface area (Å²) >= 11 is 3.71. The molecule has 1 aliphatic rings. The molecule has 0 saturated heterocycles. The summed E-state index contributed by atoms with van der Waals surface area (Å²) in [7, 11) is 0. The van der Waals surface area contributed by atoms with Gasteiger partial charge in [0.15, 0.2) is 0 Å². The Morgan fingerprint density at radius 1 is 0.371 bits per heavy atom. The first-order valence-electron chi connectivity index (χ1n) is 11.9. The molecule has 0 unspecified atom stereocenters. The van der Waals surface area contributed by atoms with Gasteiger partial charge in [0, 0.05) is 4.47 Å². The van der Waals surface area contributed by atoms with E-state index in [1.165, 1.54) is 66.4 Å². The summed E-state index contributed by atoms with van der Waals surface area (Å²) in [6.45, 7) is 0. The second-order valence-corrected chi connectivity index (χ2v) is 9.96. The number of halogens is 1. The van der Waals surface area contributed by atoms with Crippen LogP contribution in [0.15, 0.2) is 132 Å². The smallest absolute Gasteiger partial charge is 0.0181 e. The third-order valence-corrected chi connectivity index (χ3v) is 7.55. The molecule has 7 rings (SSSR count). The van der Waals surface area contributed by atoms with Gasteiger partial charge in [0.05, 0.1) is 0 Å². The van der Waals surface area contributed by atoms with E-state index in [1.807, 2.05) is 0 Å². The number of benzene rings is 6. The molecule has 35 heavy (non-hydrogen) atoms. The van der Waals surface area contributed by atoms with Gasteiger partial charge in [-0.15, -0.1) is 0 Å². The second kappa shape index (κ2) is 8.08. The molecule has 1 aliphatic carbocycles. The minimum absolute atomic E-state index is 1.08. The van der Waals surface area contributed by atoms with Crippen molar-refractivity contribution in [3.05, 3.63) is 132 Å². The molecule has 0 spiro atoms. The van der Waals surface area contributed by atoms with Gasteiger partial charge in [0.25, 0.3) is 0 Å². The lowest BCUT2D eigenvalue weighted by atomic mass is 9.82. The summed E-state index contributed by atoms with van der Waals surface area (Å²) < 4.78 is 1.08. The van der Waals surface area contributed by atoms with E-state index in [2.05, 4.69) is 143 Å². The standard InChI is InChI=1S/C34H21Br/c35-26-17-7-16-25(20-26)30-21-29(22-10-3-1-4-11-22)33-27-18-8-14-23-15-9-19-28(31(23)27)34(33)32(30)24-12-5-2-6-13-24/h1-21H. The van der Waals surface area contributed by atoms with Crippen LogP contribution in [0.2, 0.25) is 0 Å². The Morgan fingerprint density at radius 2 is 0.943 bits per heavy atom. The van der Waals surface area contributed by atoms with Crippen molar-refractivity contribution in [3.63, 3.8) is 0 Å². The number of rotatable bonds is 3. The lowest BCUT2D eigenvalue weighted by molar-refractivity contribution is 1.55. The van der Waals surface area contributed by atoms with Crippen molar-refractivity contribution in [2.24, 2.45) is 0 Å². The van der Waals surface area contributed by atoms with Crippen LogP contribution in [0.5, 0.6) is 0 Å². The Kier molecular flexibility index (Phi) is 4.72. The maximum atomic E-state index is 3.71. The first-order valence-corrected chi connectivity index (χ1v) is 12.7. The van der Waals surface area contributed by atoms with Crippen LogP contribution in [0.25, 0.3) is 66.4 Å². The molecule has 0 atom stereocenters. The van der Waals surface area contributed by atoms with Crippen molar-refractivity contribution in [1.82, 2.24) is 0 Å². The summed E-state index contributed by atoms with van der Waals surface area (Å²) in [4.78, 5) is 0. The van der Waals surface area contributed by atoms with Crippen LogP contribution in [0.3, 0.4) is 0 Å². The van der Waals surface area contributed by atoms with E-state index in [-0.39, 0.29) is 0 Å². The average Bonchev–Trinajstić information content (AvgIpc) is 3.25. The summed E-state index contributed by atoms with van der Waals surface area (Å²) in [5, 5.41) is 2.64. The molecule has 0 heterocycles. The second-order valence-electron chi connectivity index (χ2n) is 9.05. The monoisotopic (exact) mass is 508 g/mol. The normalized spacial score (nSPS) is 11.6. The molecule has 0 fully saturated rings. The van der Waals surface area contributed by atoms with Crippen molar-refractivity contribution in [1.29, 1.82) is 0 Å². The SMILES string of the molecule is Brc1cccc(-c2cc(-c3ccccc3)c3c(c2-c2ccccc2)-c2cccc4cccc-3c24)c1. The van der Waals surface area contributed by atoms with Crippen LogP contribution >= 0.6 is 15.9 Å². The summed E-state index contributed by atoms with van der Waals surface area (Å²) in [6, 6.07) is 46.2. The van der Waals surface area contributed by atoms with Crippen LogP contribution in [-0.2, 0) is 0 Å². The van der Waals surface area contributed by atoms with Gasteiger partial charge >= 0.3 is 0 Å². The molecule has 6 aromatic carbocycles. The molecule has 0 N–H and O–H groups in total. The lowest BCUT2D eigenvalue weighted by Crippen LogP contribution is -1.94. The van der Waals surface area contributed by atoms with E-state index in [0.29, 0.717) is 0 Å². The van der Waals surface area contributed by atoms with Gasteiger partial charge in [0.2, 0.25) is 0 Å². The Labute approximate surface area is 213 Å². The van der Waals surface area contributed by atoms with E-state index >= 15 is 0 Å². The van der Waals surface area contributed by atoms with Gasteiger partial charge in [-0.05, 0) is 84.6 Å². The highest BCUT2D eigenvalue weighted by molar-refractivity contribution is 9.10. The molecule has 0 amide bonds. The van der Waals surface area contributed by atoms with E-state index in [4.69, 9.17) is 0 Å². The molecule has 0 saturated carbocycles. The van der Waals surface area contributed by atoms with Gasteiger partial charge < -0.3 is 0 Å².